The molecule has 9 heteroatoms. The molecule has 2 amide bonds. The molecule has 140 valence electrons. The molecule has 6 nitrogen and oxygen atoms in total. The highest BCUT2D eigenvalue weighted by atomic mass is 35.5. The van der Waals surface area contributed by atoms with Crippen LogP contribution in [0.15, 0.2) is 5.38 Å². The molecular formula is C15H28Cl2N4O2S. The summed E-state index contributed by atoms with van der Waals surface area (Å²) in [7, 11) is 0. The zero-order chi connectivity index (χ0) is 16.7. The summed E-state index contributed by atoms with van der Waals surface area (Å²) in [6, 6.07) is -0.586. The Bertz CT molecular complexity index is 509. The maximum Gasteiger partial charge on any atom is 0.239 e. The summed E-state index contributed by atoms with van der Waals surface area (Å²) in [6.07, 6.45) is 0.689. The molecule has 0 aliphatic rings. The van der Waals surface area contributed by atoms with Gasteiger partial charge in [0, 0.05) is 24.3 Å². The molecule has 1 aromatic rings. The lowest BCUT2D eigenvalue weighted by Crippen LogP contribution is -2.47. The van der Waals surface area contributed by atoms with Crippen LogP contribution in [0.5, 0.6) is 0 Å². The summed E-state index contributed by atoms with van der Waals surface area (Å²) in [5.74, 6) is -0.0496. The van der Waals surface area contributed by atoms with E-state index in [0.29, 0.717) is 18.9 Å². The Balaban J connectivity index is 0. The highest BCUT2D eigenvalue weighted by molar-refractivity contribution is 7.09. The summed E-state index contributed by atoms with van der Waals surface area (Å²) in [5, 5.41) is 8.43. The molecule has 4 N–H and O–H groups in total. The first-order valence-corrected chi connectivity index (χ1v) is 8.43. The van der Waals surface area contributed by atoms with Crippen molar-refractivity contribution in [1.29, 1.82) is 0 Å². The standard InChI is InChI=1S/C15H26N4O2S.2ClH/c1-9(2)13(16)14(21)18-7-12(20)17-6-5-11-8-22-15(19-11)10(3)4;;/h8-10,13H,5-7,16H2,1-4H3,(H,17,20)(H,18,21);2*1H/t13-;;/m0../s1. The van der Waals surface area contributed by atoms with Crippen LogP contribution in [-0.4, -0.2) is 35.9 Å². The van der Waals surface area contributed by atoms with Crippen LogP contribution in [0.1, 0.15) is 44.3 Å². The molecule has 0 saturated heterocycles. The van der Waals surface area contributed by atoms with Crippen LogP contribution in [-0.2, 0) is 16.0 Å². The third-order valence-electron chi connectivity index (χ3n) is 3.21. The van der Waals surface area contributed by atoms with Gasteiger partial charge in [0.1, 0.15) is 0 Å². The van der Waals surface area contributed by atoms with Crippen LogP contribution >= 0.6 is 36.2 Å². The first-order valence-electron chi connectivity index (χ1n) is 7.55. The van der Waals surface area contributed by atoms with E-state index in [1.807, 2.05) is 19.2 Å². The van der Waals surface area contributed by atoms with Gasteiger partial charge in [-0.25, -0.2) is 4.98 Å². The molecule has 0 aromatic carbocycles. The Kier molecular flexibility index (Phi) is 13.2. The highest BCUT2D eigenvalue weighted by Crippen LogP contribution is 2.19. The number of nitrogens with two attached hydrogens (primary N) is 1. The SMILES string of the molecule is CC(C)c1nc(CCNC(=O)CNC(=O)[C@@H](N)C(C)C)cs1.Cl.Cl. The fourth-order valence-corrected chi connectivity index (χ4v) is 2.55. The first-order chi connectivity index (χ1) is 10.3. The van der Waals surface area contributed by atoms with Crippen LogP contribution in [0.2, 0.25) is 0 Å². The number of nitrogens with one attached hydrogen (secondary N) is 2. The number of hydrogen-bond acceptors (Lipinski definition) is 5. The van der Waals surface area contributed by atoms with E-state index in [1.54, 1.807) is 11.3 Å². The van der Waals surface area contributed by atoms with Gasteiger partial charge in [-0.2, -0.15) is 0 Å². The second kappa shape index (κ2) is 12.5. The normalized spacial score (nSPS) is 11.5. The fraction of sp³-hybridized carbons (Fsp3) is 0.667. The molecule has 0 radical (unpaired) electrons. The molecule has 1 heterocycles. The van der Waals surface area contributed by atoms with Gasteiger partial charge in [-0.3, -0.25) is 9.59 Å². The van der Waals surface area contributed by atoms with Gasteiger partial charge in [-0.15, -0.1) is 36.2 Å². The van der Waals surface area contributed by atoms with Crippen LogP contribution in [0.25, 0.3) is 0 Å². The summed E-state index contributed by atoms with van der Waals surface area (Å²) >= 11 is 1.64. The minimum absolute atomic E-state index is 0. The summed E-state index contributed by atoms with van der Waals surface area (Å²) in [4.78, 5) is 27.8. The number of thiazole rings is 1. The van der Waals surface area contributed by atoms with E-state index in [0.717, 1.165) is 10.7 Å². The topological polar surface area (TPSA) is 97.1 Å². The Labute approximate surface area is 160 Å². The zero-order valence-corrected chi connectivity index (χ0v) is 16.9. The zero-order valence-electron chi connectivity index (χ0n) is 14.5. The average molecular weight is 399 g/mol. The molecule has 0 spiro atoms. The van der Waals surface area contributed by atoms with E-state index in [4.69, 9.17) is 5.73 Å². The van der Waals surface area contributed by atoms with Crippen molar-refractivity contribution in [3.8, 4) is 0 Å². The monoisotopic (exact) mass is 398 g/mol. The molecule has 0 aliphatic heterocycles. The van der Waals surface area contributed by atoms with Crippen molar-refractivity contribution in [3.63, 3.8) is 0 Å². The van der Waals surface area contributed by atoms with E-state index in [-0.39, 0.29) is 49.1 Å². The maximum absolute atomic E-state index is 11.7. The van der Waals surface area contributed by atoms with E-state index in [9.17, 15) is 9.59 Å². The van der Waals surface area contributed by atoms with Crippen molar-refractivity contribution in [2.24, 2.45) is 11.7 Å². The van der Waals surface area contributed by atoms with Crippen LogP contribution in [0, 0.1) is 5.92 Å². The minimum atomic E-state index is -0.586. The van der Waals surface area contributed by atoms with Gasteiger partial charge in [0.25, 0.3) is 0 Å². The third-order valence-corrected chi connectivity index (χ3v) is 4.40. The van der Waals surface area contributed by atoms with Crippen LogP contribution in [0.3, 0.4) is 0 Å². The number of rotatable bonds is 8. The molecule has 1 atom stereocenters. The summed E-state index contributed by atoms with van der Waals surface area (Å²) < 4.78 is 0. The lowest BCUT2D eigenvalue weighted by molar-refractivity contribution is -0.127. The largest absolute Gasteiger partial charge is 0.354 e. The Hall–Kier alpha value is -0.890. The van der Waals surface area contributed by atoms with Crippen molar-refractivity contribution < 1.29 is 9.59 Å². The van der Waals surface area contributed by atoms with Crippen molar-refractivity contribution in [1.82, 2.24) is 15.6 Å². The molecule has 1 rings (SSSR count). The number of aromatic nitrogens is 1. The van der Waals surface area contributed by atoms with Crippen LogP contribution < -0.4 is 16.4 Å². The molecule has 1 aromatic heterocycles. The number of hydrogen-bond donors (Lipinski definition) is 3. The van der Waals surface area contributed by atoms with Gasteiger partial charge in [0.2, 0.25) is 11.8 Å². The van der Waals surface area contributed by atoms with Crippen molar-refractivity contribution in [2.75, 3.05) is 13.1 Å². The van der Waals surface area contributed by atoms with Gasteiger partial charge in [0.15, 0.2) is 0 Å². The number of carbonyl (C=O) groups excluding carboxylic acids is 2. The Morgan fingerprint density at radius 3 is 2.33 bits per heavy atom. The third kappa shape index (κ3) is 8.82. The Morgan fingerprint density at radius 2 is 1.83 bits per heavy atom. The lowest BCUT2D eigenvalue weighted by Gasteiger charge is -2.15. The number of amides is 2. The summed E-state index contributed by atoms with van der Waals surface area (Å²) in [6.45, 7) is 8.40. The van der Waals surface area contributed by atoms with Crippen molar-refractivity contribution in [3.05, 3.63) is 16.1 Å². The number of nitrogens with zero attached hydrogens (tertiary/aromatic N) is 1. The first kappa shape index (κ1) is 25.4. The predicted molar refractivity (Wildman–Crippen MR) is 103 cm³/mol. The molecular weight excluding hydrogens is 371 g/mol. The van der Waals surface area contributed by atoms with E-state index >= 15 is 0 Å². The number of halogens is 2. The summed E-state index contributed by atoms with van der Waals surface area (Å²) in [5.41, 5.74) is 6.68. The second-order valence-electron chi connectivity index (χ2n) is 5.92. The molecule has 24 heavy (non-hydrogen) atoms. The quantitative estimate of drug-likeness (QED) is 0.622. The molecule has 0 saturated carbocycles. The second-order valence-corrected chi connectivity index (χ2v) is 6.81. The number of carbonyl (C=O) groups is 2. The molecule has 0 unspecified atom stereocenters. The van der Waals surface area contributed by atoms with Gasteiger partial charge in [-0.1, -0.05) is 27.7 Å². The lowest BCUT2D eigenvalue weighted by atomic mass is 10.1. The molecule has 0 aliphatic carbocycles. The minimum Gasteiger partial charge on any atom is -0.354 e. The van der Waals surface area contributed by atoms with E-state index < -0.39 is 6.04 Å². The molecule has 0 fully saturated rings. The van der Waals surface area contributed by atoms with Gasteiger partial charge < -0.3 is 16.4 Å². The highest BCUT2D eigenvalue weighted by Gasteiger charge is 2.17. The van der Waals surface area contributed by atoms with E-state index in [2.05, 4.69) is 29.5 Å². The van der Waals surface area contributed by atoms with Gasteiger partial charge in [0.05, 0.1) is 23.3 Å². The van der Waals surface area contributed by atoms with Gasteiger partial charge >= 0.3 is 0 Å². The van der Waals surface area contributed by atoms with Crippen molar-refractivity contribution >= 4 is 48.0 Å². The molecule has 0 bridgehead atoms. The van der Waals surface area contributed by atoms with Crippen LogP contribution in [0.4, 0.5) is 0 Å². The van der Waals surface area contributed by atoms with Crippen molar-refractivity contribution in [2.45, 2.75) is 46.1 Å². The van der Waals surface area contributed by atoms with E-state index in [1.165, 1.54) is 0 Å². The smallest absolute Gasteiger partial charge is 0.239 e. The predicted octanol–water partition coefficient (Wildman–Crippen LogP) is 1.87. The Morgan fingerprint density at radius 1 is 1.21 bits per heavy atom. The average Bonchev–Trinajstić information content (AvgIpc) is 2.92. The maximum atomic E-state index is 11.7. The fourth-order valence-electron chi connectivity index (χ4n) is 1.68. The van der Waals surface area contributed by atoms with Gasteiger partial charge in [-0.05, 0) is 5.92 Å².